The molecule has 0 amide bonds. The Hall–Kier alpha value is -0.560. The molecule has 13 heavy (non-hydrogen) atoms. The lowest BCUT2D eigenvalue weighted by Crippen LogP contribution is -1.98. The fourth-order valence-electron chi connectivity index (χ4n) is 1.84. The van der Waals surface area contributed by atoms with Gasteiger partial charge in [-0.3, -0.25) is 0 Å². The number of halogens is 1. The second-order valence-electron chi connectivity index (χ2n) is 3.65. The zero-order chi connectivity index (χ0) is 9.31. The molecule has 68 valence electrons. The number of allylic oxidation sites excluding steroid dienone is 1. The molecule has 2 rings (SSSR count). The molecule has 0 aromatic heterocycles. The van der Waals surface area contributed by atoms with Crippen LogP contribution in [0.15, 0.2) is 43.0 Å². The van der Waals surface area contributed by atoms with Crippen LogP contribution in [-0.2, 0) is 4.32 Å². The Labute approximate surface area is 87.8 Å². The van der Waals surface area contributed by atoms with Gasteiger partial charge in [-0.2, -0.15) is 0 Å². The van der Waals surface area contributed by atoms with Crippen LogP contribution in [0, 0.1) is 5.92 Å². The lowest BCUT2D eigenvalue weighted by atomic mass is 10.1. The zero-order valence-corrected chi connectivity index (χ0v) is 9.13. The predicted octanol–water partition coefficient (Wildman–Crippen LogP) is 3.87. The van der Waals surface area contributed by atoms with Crippen molar-refractivity contribution in [2.75, 3.05) is 0 Å². The summed E-state index contributed by atoms with van der Waals surface area (Å²) in [5, 5.41) is 0. The van der Waals surface area contributed by atoms with E-state index in [-0.39, 0.29) is 4.32 Å². The fourth-order valence-corrected chi connectivity index (χ4v) is 2.68. The van der Waals surface area contributed by atoms with Crippen molar-refractivity contribution in [1.29, 1.82) is 0 Å². The van der Waals surface area contributed by atoms with Crippen LogP contribution in [0.5, 0.6) is 0 Å². The first kappa shape index (κ1) is 9.01. The van der Waals surface area contributed by atoms with E-state index in [0.717, 1.165) is 12.3 Å². The molecule has 1 saturated carbocycles. The number of hydrogen-bond acceptors (Lipinski definition) is 0. The molecule has 0 radical (unpaired) electrons. The Bertz CT molecular complexity index is 304. The van der Waals surface area contributed by atoms with E-state index in [0.29, 0.717) is 0 Å². The quantitative estimate of drug-likeness (QED) is 0.553. The average molecular weight is 237 g/mol. The Morgan fingerprint density at radius 2 is 2.15 bits per heavy atom. The highest BCUT2D eigenvalue weighted by Gasteiger charge is 2.52. The topological polar surface area (TPSA) is 0 Å². The van der Waals surface area contributed by atoms with Gasteiger partial charge in [0, 0.05) is 0 Å². The third-order valence-electron chi connectivity index (χ3n) is 2.74. The third kappa shape index (κ3) is 1.58. The summed E-state index contributed by atoms with van der Waals surface area (Å²) >= 11 is 3.82. The number of benzene rings is 1. The van der Waals surface area contributed by atoms with Crippen LogP contribution in [0.25, 0.3) is 0 Å². The van der Waals surface area contributed by atoms with Gasteiger partial charge in [0.25, 0.3) is 0 Å². The highest BCUT2D eigenvalue weighted by Crippen LogP contribution is 2.60. The number of rotatable bonds is 3. The summed E-state index contributed by atoms with van der Waals surface area (Å²) in [5.74, 6) is 0.743. The molecule has 0 N–H and O–H groups in total. The van der Waals surface area contributed by atoms with Gasteiger partial charge < -0.3 is 0 Å². The van der Waals surface area contributed by atoms with E-state index < -0.39 is 0 Å². The van der Waals surface area contributed by atoms with Crippen molar-refractivity contribution in [1.82, 2.24) is 0 Å². The van der Waals surface area contributed by atoms with Crippen LogP contribution in [-0.4, -0.2) is 0 Å². The molecular formula is C12H13Br. The van der Waals surface area contributed by atoms with E-state index in [2.05, 4.69) is 52.8 Å². The van der Waals surface area contributed by atoms with E-state index in [4.69, 9.17) is 0 Å². The smallest absolute Gasteiger partial charge is 0.0540 e. The molecule has 1 aliphatic rings. The first-order valence-electron chi connectivity index (χ1n) is 4.62. The van der Waals surface area contributed by atoms with E-state index in [9.17, 15) is 0 Å². The van der Waals surface area contributed by atoms with Gasteiger partial charge in [0.2, 0.25) is 0 Å². The molecule has 0 spiro atoms. The average Bonchev–Trinajstić information content (AvgIpc) is 2.81. The SMILES string of the molecule is C=CCC1CC1(Br)c1ccccc1. The van der Waals surface area contributed by atoms with Crippen LogP contribution in [0.4, 0.5) is 0 Å². The summed E-state index contributed by atoms with van der Waals surface area (Å²) in [4.78, 5) is 0. The molecule has 1 fully saturated rings. The van der Waals surface area contributed by atoms with Crippen molar-refractivity contribution < 1.29 is 0 Å². The summed E-state index contributed by atoms with van der Waals surface area (Å²) in [6.45, 7) is 3.78. The zero-order valence-electron chi connectivity index (χ0n) is 7.54. The minimum Gasteiger partial charge on any atom is -0.103 e. The molecule has 0 bridgehead atoms. The first-order valence-corrected chi connectivity index (χ1v) is 5.42. The summed E-state index contributed by atoms with van der Waals surface area (Å²) in [6, 6.07) is 10.6. The molecule has 0 nitrogen and oxygen atoms in total. The van der Waals surface area contributed by atoms with Crippen LogP contribution < -0.4 is 0 Å². The van der Waals surface area contributed by atoms with Crippen molar-refractivity contribution in [3.05, 3.63) is 48.6 Å². The molecule has 1 aromatic rings. The molecular weight excluding hydrogens is 224 g/mol. The molecule has 0 heterocycles. The Morgan fingerprint density at radius 1 is 1.46 bits per heavy atom. The lowest BCUT2D eigenvalue weighted by Gasteiger charge is -2.08. The van der Waals surface area contributed by atoms with Gasteiger partial charge in [-0.15, -0.1) is 6.58 Å². The van der Waals surface area contributed by atoms with E-state index in [1.54, 1.807) is 0 Å². The van der Waals surface area contributed by atoms with Crippen molar-refractivity contribution in [3.8, 4) is 0 Å². The molecule has 1 heteroatoms. The first-order chi connectivity index (χ1) is 6.27. The van der Waals surface area contributed by atoms with Gasteiger partial charge >= 0.3 is 0 Å². The van der Waals surface area contributed by atoms with E-state index >= 15 is 0 Å². The lowest BCUT2D eigenvalue weighted by molar-refractivity contribution is 0.798. The Balaban J connectivity index is 2.16. The molecule has 2 atom stereocenters. The molecule has 0 aliphatic heterocycles. The van der Waals surface area contributed by atoms with E-state index in [1.807, 2.05) is 6.08 Å². The van der Waals surface area contributed by atoms with Crippen LogP contribution >= 0.6 is 15.9 Å². The van der Waals surface area contributed by atoms with Crippen LogP contribution in [0.3, 0.4) is 0 Å². The maximum Gasteiger partial charge on any atom is 0.0540 e. The van der Waals surface area contributed by atoms with Crippen molar-refractivity contribution >= 4 is 15.9 Å². The Kier molecular flexibility index (Phi) is 2.29. The van der Waals surface area contributed by atoms with Crippen LogP contribution in [0.2, 0.25) is 0 Å². The van der Waals surface area contributed by atoms with Gasteiger partial charge in [0.05, 0.1) is 4.32 Å². The van der Waals surface area contributed by atoms with Gasteiger partial charge in [-0.05, 0) is 24.3 Å². The van der Waals surface area contributed by atoms with Gasteiger partial charge in [0.1, 0.15) is 0 Å². The standard InChI is InChI=1S/C12H13Br/c1-2-6-11-9-12(11,13)10-7-4-3-5-8-10/h2-5,7-8,11H,1,6,9H2. The maximum absolute atomic E-state index is 3.82. The maximum atomic E-state index is 3.82. The van der Waals surface area contributed by atoms with E-state index in [1.165, 1.54) is 12.0 Å². The minimum atomic E-state index is 0.252. The highest BCUT2D eigenvalue weighted by molar-refractivity contribution is 9.09. The van der Waals surface area contributed by atoms with Gasteiger partial charge in [0.15, 0.2) is 0 Å². The predicted molar refractivity (Wildman–Crippen MR) is 60.0 cm³/mol. The van der Waals surface area contributed by atoms with Crippen molar-refractivity contribution in [3.63, 3.8) is 0 Å². The largest absolute Gasteiger partial charge is 0.103 e. The molecule has 1 aliphatic carbocycles. The summed E-state index contributed by atoms with van der Waals surface area (Å²) in [7, 11) is 0. The fraction of sp³-hybridized carbons (Fsp3) is 0.333. The number of hydrogen-bond donors (Lipinski definition) is 0. The van der Waals surface area contributed by atoms with Crippen molar-refractivity contribution in [2.24, 2.45) is 5.92 Å². The monoisotopic (exact) mass is 236 g/mol. The second-order valence-corrected chi connectivity index (χ2v) is 5.07. The molecule has 1 aromatic carbocycles. The Morgan fingerprint density at radius 3 is 2.77 bits per heavy atom. The molecule has 2 unspecified atom stereocenters. The number of alkyl halides is 1. The summed E-state index contributed by atoms with van der Waals surface area (Å²) in [5.41, 5.74) is 1.40. The highest BCUT2D eigenvalue weighted by atomic mass is 79.9. The molecule has 0 saturated heterocycles. The van der Waals surface area contributed by atoms with Crippen molar-refractivity contribution in [2.45, 2.75) is 17.2 Å². The van der Waals surface area contributed by atoms with Crippen LogP contribution in [0.1, 0.15) is 18.4 Å². The van der Waals surface area contributed by atoms with Gasteiger partial charge in [-0.1, -0.05) is 52.3 Å². The van der Waals surface area contributed by atoms with Gasteiger partial charge in [-0.25, -0.2) is 0 Å². The summed E-state index contributed by atoms with van der Waals surface area (Å²) < 4.78 is 0.252. The minimum absolute atomic E-state index is 0.252. The second kappa shape index (κ2) is 3.30. The summed E-state index contributed by atoms with van der Waals surface area (Å²) in [6.07, 6.45) is 4.36. The normalized spacial score (nSPS) is 31.3. The third-order valence-corrected chi connectivity index (χ3v) is 4.16.